The van der Waals surface area contributed by atoms with Crippen LogP contribution in [0.5, 0.6) is 0 Å². The monoisotopic (exact) mass is 358 g/mol. The van der Waals surface area contributed by atoms with E-state index in [2.05, 4.69) is 25.8 Å². The highest BCUT2D eigenvalue weighted by atomic mass is 79.9. The Labute approximate surface area is 126 Å². The summed E-state index contributed by atoms with van der Waals surface area (Å²) in [5.41, 5.74) is 7.58. The van der Waals surface area contributed by atoms with Crippen molar-refractivity contribution in [1.29, 1.82) is 0 Å². The van der Waals surface area contributed by atoms with E-state index >= 15 is 0 Å². The minimum Gasteiger partial charge on any atom is -0.381 e. The summed E-state index contributed by atoms with van der Waals surface area (Å²) in [7, 11) is -2.12. The Morgan fingerprint density at radius 3 is 2.45 bits per heavy atom. The Balaban J connectivity index is 2.46. The Bertz CT molecular complexity index is 748. The van der Waals surface area contributed by atoms with Gasteiger partial charge in [0.15, 0.2) is 10.7 Å². The van der Waals surface area contributed by atoms with Gasteiger partial charge < -0.3 is 5.73 Å². The van der Waals surface area contributed by atoms with Crippen molar-refractivity contribution in [2.75, 3.05) is 10.5 Å². The fraction of sp³-hybridized carbons (Fsp3) is 0.250. The van der Waals surface area contributed by atoms with Crippen LogP contribution in [-0.4, -0.2) is 18.2 Å². The first kappa shape index (κ1) is 14.9. The van der Waals surface area contributed by atoms with Crippen LogP contribution in [0.25, 0.3) is 0 Å². The van der Waals surface area contributed by atoms with Crippen molar-refractivity contribution in [3.8, 4) is 0 Å². The van der Waals surface area contributed by atoms with Crippen molar-refractivity contribution in [2.24, 2.45) is 7.05 Å². The Hall–Kier alpha value is -1.54. The number of nitrogens with one attached hydrogen (secondary N) is 1. The summed E-state index contributed by atoms with van der Waals surface area (Å²) in [6.07, 6.45) is 0. The Morgan fingerprint density at radius 1 is 1.30 bits per heavy atom. The van der Waals surface area contributed by atoms with E-state index in [9.17, 15) is 8.42 Å². The molecule has 0 atom stereocenters. The van der Waals surface area contributed by atoms with Gasteiger partial charge in [0.25, 0.3) is 10.0 Å². The van der Waals surface area contributed by atoms with Crippen molar-refractivity contribution in [3.05, 3.63) is 33.9 Å². The normalized spacial score (nSPS) is 11.6. The summed E-state index contributed by atoms with van der Waals surface area (Å²) in [6, 6.07) is 5.32. The van der Waals surface area contributed by atoms with Crippen LogP contribution in [0.1, 0.15) is 11.3 Å². The molecule has 1 aromatic heterocycles. The maximum Gasteiger partial charge on any atom is 0.267 e. The molecule has 1 aromatic carbocycles. The molecule has 0 fully saturated rings. The highest BCUT2D eigenvalue weighted by Crippen LogP contribution is 2.26. The molecule has 0 saturated heterocycles. The molecule has 0 amide bonds. The number of aromatic nitrogens is 2. The summed E-state index contributed by atoms with van der Waals surface area (Å²) in [5, 5.41) is 3.92. The number of rotatable bonds is 3. The van der Waals surface area contributed by atoms with Crippen LogP contribution in [0.4, 0.5) is 11.5 Å². The van der Waals surface area contributed by atoms with Gasteiger partial charge in [-0.15, -0.1) is 0 Å². The SMILES string of the molecule is Cc1cc(Br)cc(NS(=O)(=O)c2c(N)nn(C)c2C)c1. The molecule has 2 aromatic rings. The number of benzene rings is 1. The smallest absolute Gasteiger partial charge is 0.267 e. The third-order valence-electron chi connectivity index (χ3n) is 2.87. The van der Waals surface area contributed by atoms with Gasteiger partial charge in [-0.1, -0.05) is 15.9 Å². The van der Waals surface area contributed by atoms with Crippen LogP contribution in [0, 0.1) is 13.8 Å². The van der Waals surface area contributed by atoms with Crippen molar-refractivity contribution < 1.29 is 8.42 Å². The van der Waals surface area contributed by atoms with E-state index in [1.54, 1.807) is 26.1 Å². The highest BCUT2D eigenvalue weighted by Gasteiger charge is 2.24. The van der Waals surface area contributed by atoms with Gasteiger partial charge in [0.05, 0.1) is 11.4 Å². The summed E-state index contributed by atoms with van der Waals surface area (Å²) >= 11 is 3.33. The first-order chi connectivity index (χ1) is 9.20. The van der Waals surface area contributed by atoms with Gasteiger partial charge in [-0.25, -0.2) is 8.42 Å². The predicted octanol–water partition coefficient (Wildman–Crippen LogP) is 2.18. The van der Waals surface area contributed by atoms with Gasteiger partial charge in [0.1, 0.15) is 0 Å². The van der Waals surface area contributed by atoms with Crippen LogP contribution in [0.15, 0.2) is 27.6 Å². The van der Waals surface area contributed by atoms with Crippen LogP contribution >= 0.6 is 15.9 Å². The number of aryl methyl sites for hydroxylation is 2. The first-order valence-corrected chi connectivity index (χ1v) is 8.07. The molecule has 0 unspecified atom stereocenters. The molecule has 20 heavy (non-hydrogen) atoms. The summed E-state index contributed by atoms with van der Waals surface area (Å²) in [5.74, 6) is -0.00998. The fourth-order valence-electron chi connectivity index (χ4n) is 1.95. The lowest BCUT2D eigenvalue weighted by Crippen LogP contribution is -2.15. The maximum absolute atomic E-state index is 12.4. The number of nitrogens with two attached hydrogens (primary N) is 1. The van der Waals surface area contributed by atoms with Gasteiger partial charge in [-0.05, 0) is 37.6 Å². The number of nitrogens with zero attached hydrogens (tertiary/aromatic N) is 2. The number of hydrogen-bond acceptors (Lipinski definition) is 4. The average Bonchev–Trinajstić information content (AvgIpc) is 2.50. The molecule has 108 valence electrons. The van der Waals surface area contributed by atoms with Crippen molar-refractivity contribution in [1.82, 2.24) is 9.78 Å². The standard InChI is InChI=1S/C12H15BrN4O2S/c1-7-4-9(13)6-10(5-7)16-20(18,19)11-8(2)17(3)15-12(11)14/h4-6,16H,1-3H3,(H2,14,15). The zero-order chi connectivity index (χ0) is 15.1. The van der Waals surface area contributed by atoms with E-state index in [0.29, 0.717) is 11.4 Å². The number of sulfonamides is 1. The number of hydrogen-bond donors (Lipinski definition) is 2. The van der Waals surface area contributed by atoms with Gasteiger partial charge in [-0.3, -0.25) is 9.40 Å². The molecule has 8 heteroatoms. The van der Waals surface area contributed by atoms with Gasteiger partial charge in [0, 0.05) is 11.5 Å². The predicted molar refractivity (Wildman–Crippen MR) is 82.0 cm³/mol. The van der Waals surface area contributed by atoms with Crippen molar-refractivity contribution in [3.63, 3.8) is 0 Å². The summed E-state index contributed by atoms with van der Waals surface area (Å²) in [6.45, 7) is 3.54. The Morgan fingerprint density at radius 2 is 1.95 bits per heavy atom. The van der Waals surface area contributed by atoms with Gasteiger partial charge >= 0.3 is 0 Å². The molecular formula is C12H15BrN4O2S. The summed E-state index contributed by atoms with van der Waals surface area (Å²) in [4.78, 5) is 0.0117. The second kappa shape index (κ2) is 5.10. The van der Waals surface area contributed by atoms with Crippen LogP contribution in [0.3, 0.4) is 0 Å². The van der Waals surface area contributed by atoms with Crippen LogP contribution in [0.2, 0.25) is 0 Å². The first-order valence-electron chi connectivity index (χ1n) is 5.80. The second-order valence-corrected chi connectivity index (χ2v) is 7.08. The molecule has 0 spiro atoms. The second-order valence-electron chi connectivity index (χ2n) is 4.55. The maximum atomic E-state index is 12.4. The quantitative estimate of drug-likeness (QED) is 0.879. The summed E-state index contributed by atoms with van der Waals surface area (Å²) < 4.78 is 29.6. The topological polar surface area (TPSA) is 90.0 Å². The van der Waals surface area contributed by atoms with E-state index in [-0.39, 0.29) is 10.7 Å². The molecule has 1 heterocycles. The number of anilines is 2. The molecule has 0 aliphatic rings. The molecule has 3 N–H and O–H groups in total. The minimum atomic E-state index is -3.77. The molecule has 2 rings (SSSR count). The van der Waals surface area contributed by atoms with E-state index < -0.39 is 10.0 Å². The van der Waals surface area contributed by atoms with E-state index in [1.807, 2.05) is 13.0 Å². The lowest BCUT2D eigenvalue weighted by molar-refractivity contribution is 0.600. The number of nitrogen functional groups attached to an aromatic ring is 1. The van der Waals surface area contributed by atoms with E-state index in [4.69, 9.17) is 5.73 Å². The van der Waals surface area contributed by atoms with E-state index in [1.165, 1.54) is 4.68 Å². The molecule has 0 aliphatic carbocycles. The largest absolute Gasteiger partial charge is 0.381 e. The van der Waals surface area contributed by atoms with Gasteiger partial charge in [0.2, 0.25) is 0 Å². The minimum absolute atomic E-state index is 0.00998. The van der Waals surface area contributed by atoms with Crippen LogP contribution < -0.4 is 10.5 Å². The zero-order valence-electron chi connectivity index (χ0n) is 11.3. The molecule has 0 aliphatic heterocycles. The third kappa shape index (κ3) is 2.80. The lowest BCUT2D eigenvalue weighted by atomic mass is 10.2. The molecule has 6 nitrogen and oxygen atoms in total. The fourth-order valence-corrected chi connectivity index (χ4v) is 3.92. The Kier molecular flexibility index (Phi) is 3.79. The van der Waals surface area contributed by atoms with Crippen molar-refractivity contribution in [2.45, 2.75) is 18.7 Å². The highest BCUT2D eigenvalue weighted by molar-refractivity contribution is 9.10. The zero-order valence-corrected chi connectivity index (χ0v) is 13.7. The molecule has 0 radical (unpaired) electrons. The molecule has 0 bridgehead atoms. The molecular weight excluding hydrogens is 344 g/mol. The van der Waals surface area contributed by atoms with E-state index in [0.717, 1.165) is 10.0 Å². The lowest BCUT2D eigenvalue weighted by Gasteiger charge is -2.09. The van der Waals surface area contributed by atoms with Gasteiger partial charge in [-0.2, -0.15) is 5.10 Å². The average molecular weight is 359 g/mol. The third-order valence-corrected chi connectivity index (χ3v) is 4.87. The van der Waals surface area contributed by atoms with Crippen molar-refractivity contribution >= 4 is 37.5 Å². The number of halogens is 1. The van der Waals surface area contributed by atoms with Crippen LogP contribution in [-0.2, 0) is 17.1 Å². The molecule has 0 saturated carbocycles.